The van der Waals surface area contributed by atoms with Gasteiger partial charge in [-0.3, -0.25) is 4.79 Å². The molecule has 0 spiro atoms. The highest BCUT2D eigenvalue weighted by Crippen LogP contribution is 2.33. The second-order valence-electron chi connectivity index (χ2n) is 9.50. The Kier molecular flexibility index (Phi) is 9.07. The molecule has 210 valence electrons. The van der Waals surface area contributed by atoms with Gasteiger partial charge in [-0.15, -0.1) is 0 Å². The molecule has 0 aliphatic rings. The van der Waals surface area contributed by atoms with Crippen LogP contribution in [0.4, 0.5) is 11.4 Å². The normalized spacial score (nSPS) is 11.4. The van der Waals surface area contributed by atoms with Gasteiger partial charge in [0.2, 0.25) is 0 Å². The van der Waals surface area contributed by atoms with Crippen LogP contribution in [0.5, 0.6) is 11.5 Å². The maximum absolute atomic E-state index is 13.3. The number of para-hydroxylation sites is 2. The smallest absolute Gasteiger partial charge is 0.326 e. The molecule has 1 amide bonds. The van der Waals surface area contributed by atoms with Gasteiger partial charge in [0.05, 0.1) is 11.3 Å². The summed E-state index contributed by atoms with van der Waals surface area (Å²) < 4.78 is 6.09. The predicted molar refractivity (Wildman–Crippen MR) is 167 cm³/mol. The summed E-state index contributed by atoms with van der Waals surface area (Å²) in [7, 11) is 0. The highest BCUT2D eigenvalue weighted by atomic mass is 35.5. The number of carboxylic acids is 1. The second kappa shape index (κ2) is 13.3. The first kappa shape index (κ1) is 28.7. The largest absolute Gasteiger partial charge is 0.480 e. The summed E-state index contributed by atoms with van der Waals surface area (Å²) in [6.45, 7) is 0. The van der Waals surface area contributed by atoms with Crippen LogP contribution in [-0.2, 0) is 11.2 Å². The van der Waals surface area contributed by atoms with Crippen molar-refractivity contribution in [1.82, 2.24) is 5.32 Å². The van der Waals surface area contributed by atoms with Crippen molar-refractivity contribution in [2.75, 3.05) is 5.32 Å². The Morgan fingerprint density at radius 2 is 1.48 bits per heavy atom. The van der Waals surface area contributed by atoms with E-state index in [2.05, 4.69) is 10.6 Å². The van der Waals surface area contributed by atoms with E-state index >= 15 is 0 Å². The molecule has 0 aliphatic carbocycles. The lowest BCUT2D eigenvalue weighted by Crippen LogP contribution is -2.42. The Morgan fingerprint density at radius 3 is 2.21 bits per heavy atom. The molecule has 42 heavy (non-hydrogen) atoms. The van der Waals surface area contributed by atoms with E-state index in [1.54, 1.807) is 36.4 Å². The number of aliphatic carboxylic acids is 1. The van der Waals surface area contributed by atoms with Gasteiger partial charge in [0.1, 0.15) is 17.5 Å². The molecule has 5 aromatic rings. The van der Waals surface area contributed by atoms with E-state index in [1.807, 2.05) is 78.9 Å². The molecule has 6 nitrogen and oxygen atoms in total. The lowest BCUT2D eigenvalue weighted by Gasteiger charge is -2.18. The number of hydrogen-bond acceptors (Lipinski definition) is 4. The Balaban J connectivity index is 1.31. The lowest BCUT2D eigenvalue weighted by atomic mass is 9.99. The van der Waals surface area contributed by atoms with Crippen molar-refractivity contribution in [3.05, 3.63) is 142 Å². The number of amides is 1. The Hall–Kier alpha value is -4.78. The minimum atomic E-state index is -1.17. The molecule has 8 heteroatoms. The highest BCUT2D eigenvalue weighted by molar-refractivity contribution is 6.31. The molecule has 0 radical (unpaired) electrons. The van der Waals surface area contributed by atoms with Crippen LogP contribution in [0.3, 0.4) is 0 Å². The van der Waals surface area contributed by atoms with Crippen molar-refractivity contribution >= 4 is 46.5 Å². The van der Waals surface area contributed by atoms with Crippen molar-refractivity contribution in [2.24, 2.45) is 0 Å². The van der Waals surface area contributed by atoms with Crippen LogP contribution < -0.4 is 15.4 Å². The van der Waals surface area contributed by atoms with Gasteiger partial charge in [0.15, 0.2) is 0 Å². The summed E-state index contributed by atoms with van der Waals surface area (Å²) in [6, 6.07) is 35.4. The molecule has 0 aliphatic heterocycles. The monoisotopic (exact) mass is 596 g/mol. The van der Waals surface area contributed by atoms with Crippen molar-refractivity contribution in [3.8, 4) is 22.6 Å². The summed E-state index contributed by atoms with van der Waals surface area (Å²) >= 11 is 12.3. The number of anilines is 2. The molecule has 0 fully saturated rings. The maximum atomic E-state index is 13.3. The van der Waals surface area contributed by atoms with E-state index in [0.717, 1.165) is 22.4 Å². The van der Waals surface area contributed by atoms with Crippen LogP contribution >= 0.6 is 23.2 Å². The summed E-state index contributed by atoms with van der Waals surface area (Å²) in [5.41, 5.74) is 3.90. The Bertz CT molecular complexity index is 1710. The average molecular weight is 597 g/mol. The molecule has 1 unspecified atom stereocenters. The standard InChI is InChI=1S/C34H26Cl2N2O4/c35-24-7-6-8-26(20-24)37-30-18-17-25(36)21-29(30)33(39)38-31(34(40)41)19-22-13-15-23(16-14-22)28-11-4-5-12-32(28)42-27-9-2-1-3-10-27/h1-18,20-21,31,37H,19H2,(H,38,39)(H,40,41). The van der Waals surface area contributed by atoms with Gasteiger partial charge in [0, 0.05) is 27.7 Å². The molecule has 0 aromatic heterocycles. The number of carbonyl (C=O) groups excluding carboxylic acids is 1. The molecule has 0 saturated carbocycles. The van der Waals surface area contributed by atoms with Crippen LogP contribution in [0, 0.1) is 0 Å². The van der Waals surface area contributed by atoms with Crippen molar-refractivity contribution in [2.45, 2.75) is 12.5 Å². The van der Waals surface area contributed by atoms with E-state index in [-0.39, 0.29) is 12.0 Å². The molecule has 0 bridgehead atoms. The van der Waals surface area contributed by atoms with Crippen molar-refractivity contribution in [1.29, 1.82) is 0 Å². The fourth-order valence-electron chi connectivity index (χ4n) is 4.44. The van der Waals surface area contributed by atoms with Gasteiger partial charge in [-0.2, -0.15) is 0 Å². The van der Waals surface area contributed by atoms with E-state index in [9.17, 15) is 14.7 Å². The van der Waals surface area contributed by atoms with Gasteiger partial charge in [-0.05, 0) is 65.7 Å². The van der Waals surface area contributed by atoms with E-state index in [0.29, 0.717) is 27.2 Å². The summed E-state index contributed by atoms with van der Waals surface area (Å²) in [5.74, 6) is -0.290. The molecule has 0 heterocycles. The molecule has 1 atom stereocenters. The third-order valence-electron chi connectivity index (χ3n) is 6.50. The highest BCUT2D eigenvalue weighted by Gasteiger charge is 2.23. The first-order valence-electron chi connectivity index (χ1n) is 13.1. The quantitative estimate of drug-likeness (QED) is 0.150. The van der Waals surface area contributed by atoms with Gasteiger partial charge in [-0.1, -0.05) is 89.9 Å². The zero-order valence-corrected chi connectivity index (χ0v) is 23.8. The van der Waals surface area contributed by atoms with E-state index in [4.69, 9.17) is 27.9 Å². The number of nitrogens with one attached hydrogen (secondary N) is 2. The number of halogens is 2. The zero-order chi connectivity index (χ0) is 29.5. The number of rotatable bonds is 10. The summed E-state index contributed by atoms with van der Waals surface area (Å²) in [4.78, 5) is 25.5. The minimum Gasteiger partial charge on any atom is -0.480 e. The van der Waals surface area contributed by atoms with Crippen molar-refractivity contribution in [3.63, 3.8) is 0 Å². The molecule has 5 aromatic carbocycles. The van der Waals surface area contributed by atoms with Crippen molar-refractivity contribution < 1.29 is 19.4 Å². The number of benzene rings is 5. The summed E-state index contributed by atoms with van der Waals surface area (Å²) in [6.07, 6.45) is 0.0845. The Morgan fingerprint density at radius 1 is 0.762 bits per heavy atom. The number of carbonyl (C=O) groups is 2. The number of carboxylic acid groups (broad SMARTS) is 1. The Labute approximate surface area is 253 Å². The predicted octanol–water partition coefficient (Wildman–Crippen LogP) is 8.62. The third-order valence-corrected chi connectivity index (χ3v) is 6.97. The SMILES string of the molecule is O=C(NC(Cc1ccc(-c2ccccc2Oc2ccccc2)cc1)C(=O)O)c1cc(Cl)ccc1Nc1cccc(Cl)c1. The summed E-state index contributed by atoms with van der Waals surface area (Å²) in [5, 5.41) is 16.6. The lowest BCUT2D eigenvalue weighted by molar-refractivity contribution is -0.139. The molecule has 3 N–H and O–H groups in total. The van der Waals surface area contributed by atoms with Crippen LogP contribution in [0.1, 0.15) is 15.9 Å². The van der Waals surface area contributed by atoms with Gasteiger partial charge >= 0.3 is 5.97 Å². The number of ether oxygens (including phenoxy) is 1. The van der Waals surface area contributed by atoms with Gasteiger partial charge in [0.25, 0.3) is 5.91 Å². The first-order valence-corrected chi connectivity index (χ1v) is 13.9. The maximum Gasteiger partial charge on any atom is 0.326 e. The van der Waals surface area contributed by atoms with Crippen LogP contribution in [0.25, 0.3) is 11.1 Å². The van der Waals surface area contributed by atoms with Gasteiger partial charge in [-0.25, -0.2) is 4.79 Å². The molecular weight excluding hydrogens is 571 g/mol. The van der Waals surface area contributed by atoms with E-state index < -0.39 is 17.9 Å². The van der Waals surface area contributed by atoms with Crippen LogP contribution in [-0.4, -0.2) is 23.0 Å². The van der Waals surface area contributed by atoms with Crippen LogP contribution in [0.15, 0.2) is 121 Å². The molecular formula is C34H26Cl2N2O4. The topological polar surface area (TPSA) is 87.7 Å². The minimum absolute atomic E-state index is 0.0845. The molecule has 0 saturated heterocycles. The fraction of sp³-hybridized carbons (Fsp3) is 0.0588. The molecule has 5 rings (SSSR count). The first-order chi connectivity index (χ1) is 20.4. The second-order valence-corrected chi connectivity index (χ2v) is 10.4. The van der Waals surface area contributed by atoms with E-state index in [1.165, 1.54) is 6.07 Å². The average Bonchev–Trinajstić information content (AvgIpc) is 2.99. The van der Waals surface area contributed by atoms with Gasteiger partial charge < -0.3 is 20.5 Å². The number of hydrogen-bond donors (Lipinski definition) is 3. The zero-order valence-electron chi connectivity index (χ0n) is 22.3. The fourth-order valence-corrected chi connectivity index (χ4v) is 4.80. The van der Waals surface area contributed by atoms with Crippen LogP contribution in [0.2, 0.25) is 10.0 Å². The third kappa shape index (κ3) is 7.29.